The molecule has 152 valence electrons. The zero-order valence-corrected chi connectivity index (χ0v) is 17.7. The molecule has 1 aliphatic heterocycles. The van der Waals surface area contributed by atoms with E-state index in [4.69, 9.17) is 4.74 Å². The molecule has 1 aliphatic rings. The number of methoxy groups -OCH3 is 1. The van der Waals surface area contributed by atoms with Gasteiger partial charge in [0.1, 0.15) is 0 Å². The van der Waals surface area contributed by atoms with Gasteiger partial charge in [-0.15, -0.1) is 12.4 Å². The molecule has 0 spiro atoms. The van der Waals surface area contributed by atoms with Crippen molar-refractivity contribution in [2.45, 2.75) is 37.6 Å². The van der Waals surface area contributed by atoms with Crippen LogP contribution in [0.15, 0.2) is 29.3 Å². The van der Waals surface area contributed by atoms with Crippen LogP contribution in [0.1, 0.15) is 32.7 Å². The fourth-order valence-electron chi connectivity index (χ4n) is 3.58. The summed E-state index contributed by atoms with van der Waals surface area (Å²) in [5.41, 5.74) is 0.785. The van der Waals surface area contributed by atoms with E-state index < -0.39 is 10.0 Å². The van der Waals surface area contributed by atoms with Crippen molar-refractivity contribution >= 4 is 33.3 Å². The van der Waals surface area contributed by atoms with Crippen LogP contribution >= 0.6 is 12.4 Å². The number of hydrogen-bond acceptors (Lipinski definition) is 5. The zero-order chi connectivity index (χ0) is 18.8. The molecule has 1 aromatic heterocycles. The minimum Gasteiger partial charge on any atom is -0.384 e. The molecule has 0 aliphatic carbocycles. The normalized spacial score (nSPS) is 17.2. The average molecular weight is 417 g/mol. The largest absolute Gasteiger partial charge is 0.384 e. The van der Waals surface area contributed by atoms with Crippen LogP contribution in [-0.4, -0.2) is 51.5 Å². The lowest BCUT2D eigenvalue weighted by atomic mass is 9.80. The van der Waals surface area contributed by atoms with Crippen LogP contribution in [-0.2, 0) is 14.8 Å². The number of fused-ring (bicyclic) bond motifs is 1. The van der Waals surface area contributed by atoms with Crippen LogP contribution in [0.2, 0.25) is 0 Å². The first-order valence-corrected chi connectivity index (χ1v) is 10.5. The molecule has 27 heavy (non-hydrogen) atoms. The average Bonchev–Trinajstić information content (AvgIpc) is 3.05. The smallest absolute Gasteiger partial charge is 0.240 e. The summed E-state index contributed by atoms with van der Waals surface area (Å²) in [6.45, 7) is 6.79. The van der Waals surface area contributed by atoms with Gasteiger partial charge in [-0.25, -0.2) is 13.1 Å². The van der Waals surface area contributed by atoms with Gasteiger partial charge in [0.2, 0.25) is 10.0 Å². The van der Waals surface area contributed by atoms with Crippen molar-refractivity contribution in [1.82, 2.24) is 19.8 Å². The van der Waals surface area contributed by atoms with E-state index in [9.17, 15) is 8.42 Å². The van der Waals surface area contributed by atoms with E-state index in [-0.39, 0.29) is 28.8 Å². The van der Waals surface area contributed by atoms with Crippen molar-refractivity contribution in [3.8, 4) is 0 Å². The van der Waals surface area contributed by atoms with Gasteiger partial charge in [0.25, 0.3) is 0 Å². The number of sulfonamides is 1. The Morgan fingerprint density at radius 2 is 2.04 bits per heavy atom. The lowest BCUT2D eigenvalue weighted by molar-refractivity contribution is 0.0577. The first kappa shape index (κ1) is 22.1. The van der Waals surface area contributed by atoms with Gasteiger partial charge >= 0.3 is 0 Å². The number of rotatable bonds is 7. The predicted octanol–water partition coefficient (Wildman–Crippen LogP) is 2.33. The monoisotopic (exact) mass is 416 g/mol. The molecule has 1 aromatic carbocycles. The zero-order valence-electron chi connectivity index (χ0n) is 16.1. The molecule has 9 heteroatoms. The summed E-state index contributed by atoms with van der Waals surface area (Å²) in [5, 5.41) is 8.50. The van der Waals surface area contributed by atoms with Crippen molar-refractivity contribution in [3.05, 3.63) is 24.4 Å². The highest BCUT2D eigenvalue weighted by Crippen LogP contribution is 2.29. The minimum atomic E-state index is -3.58. The predicted molar refractivity (Wildman–Crippen MR) is 109 cm³/mol. The van der Waals surface area contributed by atoms with Crippen molar-refractivity contribution in [3.63, 3.8) is 0 Å². The van der Waals surface area contributed by atoms with E-state index in [0.717, 1.165) is 36.8 Å². The van der Waals surface area contributed by atoms with E-state index in [1.165, 1.54) is 0 Å². The van der Waals surface area contributed by atoms with Gasteiger partial charge in [-0.3, -0.25) is 4.68 Å². The molecule has 0 radical (unpaired) electrons. The van der Waals surface area contributed by atoms with Gasteiger partial charge in [-0.1, -0.05) is 0 Å². The fraction of sp³-hybridized carbons (Fsp3) is 0.611. The highest BCUT2D eigenvalue weighted by molar-refractivity contribution is 7.89. The second-order valence-electron chi connectivity index (χ2n) is 7.41. The van der Waals surface area contributed by atoms with Crippen LogP contribution in [0, 0.1) is 5.41 Å². The van der Waals surface area contributed by atoms with E-state index >= 15 is 0 Å². The summed E-state index contributed by atoms with van der Waals surface area (Å²) in [6.07, 6.45) is 3.50. The number of aromatic nitrogens is 2. The molecule has 0 bridgehead atoms. The van der Waals surface area contributed by atoms with Crippen molar-refractivity contribution in [2.75, 3.05) is 33.4 Å². The molecule has 7 nitrogen and oxygen atoms in total. The summed E-state index contributed by atoms with van der Waals surface area (Å²) in [5.74, 6) is 0. The summed E-state index contributed by atoms with van der Waals surface area (Å²) in [7, 11) is -1.92. The second kappa shape index (κ2) is 8.87. The van der Waals surface area contributed by atoms with E-state index in [2.05, 4.69) is 15.1 Å². The maximum atomic E-state index is 12.8. The lowest BCUT2D eigenvalue weighted by Gasteiger charge is -2.37. The SMILES string of the molecule is COCC1(CNS(=O)(=O)c2ccc3c(cnn3C(C)C)c2)CCNCC1.Cl. The van der Waals surface area contributed by atoms with Gasteiger partial charge in [0, 0.05) is 30.5 Å². The van der Waals surface area contributed by atoms with Gasteiger partial charge in [-0.2, -0.15) is 5.10 Å². The molecule has 2 N–H and O–H groups in total. The number of nitrogens with zero attached hydrogens (tertiary/aromatic N) is 2. The number of nitrogens with one attached hydrogen (secondary N) is 2. The quantitative estimate of drug-likeness (QED) is 0.723. The van der Waals surface area contributed by atoms with Crippen LogP contribution in [0.25, 0.3) is 10.9 Å². The highest BCUT2D eigenvalue weighted by Gasteiger charge is 2.33. The third kappa shape index (κ3) is 4.81. The third-order valence-corrected chi connectivity index (χ3v) is 6.52. The van der Waals surface area contributed by atoms with Crippen LogP contribution < -0.4 is 10.0 Å². The number of halogens is 1. The van der Waals surface area contributed by atoms with Gasteiger partial charge < -0.3 is 10.1 Å². The summed E-state index contributed by atoms with van der Waals surface area (Å²) >= 11 is 0. The van der Waals surface area contributed by atoms with E-state index in [0.29, 0.717) is 13.2 Å². The Labute approximate surface area is 167 Å². The maximum absolute atomic E-state index is 12.8. The number of benzene rings is 1. The van der Waals surface area contributed by atoms with Crippen molar-refractivity contribution in [2.24, 2.45) is 5.41 Å². The topological polar surface area (TPSA) is 85.2 Å². The molecular formula is C18H29ClN4O3S. The van der Waals surface area contributed by atoms with Crippen LogP contribution in [0.5, 0.6) is 0 Å². The lowest BCUT2D eigenvalue weighted by Crippen LogP contribution is -2.47. The Morgan fingerprint density at radius 3 is 2.67 bits per heavy atom. The van der Waals surface area contributed by atoms with Crippen molar-refractivity contribution < 1.29 is 13.2 Å². The van der Waals surface area contributed by atoms with Crippen molar-refractivity contribution in [1.29, 1.82) is 0 Å². The second-order valence-corrected chi connectivity index (χ2v) is 9.18. The minimum absolute atomic E-state index is 0. The summed E-state index contributed by atoms with van der Waals surface area (Å²) < 4.78 is 35.7. The van der Waals surface area contributed by atoms with Gasteiger partial charge in [0.05, 0.1) is 23.2 Å². The highest BCUT2D eigenvalue weighted by atomic mass is 35.5. The number of ether oxygens (including phenoxy) is 1. The number of hydrogen-bond donors (Lipinski definition) is 2. The molecule has 1 fully saturated rings. The molecule has 1 saturated heterocycles. The van der Waals surface area contributed by atoms with Crippen LogP contribution in [0.3, 0.4) is 0 Å². The summed E-state index contributed by atoms with van der Waals surface area (Å²) in [6, 6.07) is 5.39. The molecule has 0 saturated carbocycles. The Kier molecular flexibility index (Phi) is 7.27. The molecule has 3 rings (SSSR count). The first-order chi connectivity index (χ1) is 12.4. The molecule has 2 aromatic rings. The Bertz CT molecular complexity index is 855. The molecule has 2 heterocycles. The summed E-state index contributed by atoms with van der Waals surface area (Å²) in [4.78, 5) is 0.273. The van der Waals surface area contributed by atoms with Gasteiger partial charge in [0.15, 0.2) is 0 Å². The standard InChI is InChI=1S/C18H28N4O3S.ClH/c1-14(2)22-17-5-4-16(10-15(17)11-20-22)26(23,24)21-12-18(13-25-3)6-8-19-9-7-18;/h4-5,10-11,14,19,21H,6-9,12-13H2,1-3H3;1H. The Morgan fingerprint density at radius 1 is 1.33 bits per heavy atom. The Hall–Kier alpha value is -1.19. The fourth-order valence-corrected chi connectivity index (χ4v) is 4.77. The van der Waals surface area contributed by atoms with Crippen LogP contribution in [0.4, 0.5) is 0 Å². The van der Waals surface area contributed by atoms with E-state index in [1.54, 1.807) is 25.4 Å². The third-order valence-electron chi connectivity index (χ3n) is 5.12. The maximum Gasteiger partial charge on any atom is 0.240 e. The molecular weight excluding hydrogens is 388 g/mol. The van der Waals surface area contributed by atoms with E-state index in [1.807, 2.05) is 24.6 Å². The Balaban J connectivity index is 0.00000261. The van der Waals surface area contributed by atoms with Gasteiger partial charge in [-0.05, 0) is 58.0 Å². The molecule has 0 atom stereocenters. The first-order valence-electron chi connectivity index (χ1n) is 9.03. The molecule has 0 unspecified atom stereocenters. The molecule has 0 amide bonds. The number of piperidine rings is 1.